The number of piperidine rings is 1. The molecule has 0 N–H and O–H groups in total. The van der Waals surface area contributed by atoms with Crippen molar-refractivity contribution in [2.75, 3.05) is 33.8 Å². The molecule has 4 rings (SSSR count). The van der Waals surface area contributed by atoms with Gasteiger partial charge in [-0.05, 0) is 80.4 Å². The number of carbonyl (C=O) groups excluding carboxylic acids is 1. The number of carbonyl (C=O) groups is 1. The highest BCUT2D eigenvalue weighted by Gasteiger charge is 2.31. The highest BCUT2D eigenvalue weighted by Crippen LogP contribution is 2.34. The molecule has 2 aliphatic rings. The van der Waals surface area contributed by atoms with Crippen LogP contribution in [0, 0.1) is 5.92 Å². The highest BCUT2D eigenvalue weighted by atomic mass is 16.5. The predicted molar refractivity (Wildman–Crippen MR) is 132 cm³/mol. The van der Waals surface area contributed by atoms with Crippen LogP contribution in [0.1, 0.15) is 62.0 Å². The van der Waals surface area contributed by atoms with Crippen molar-refractivity contribution < 1.29 is 9.53 Å². The minimum absolute atomic E-state index is 0.185. The first-order valence-electron chi connectivity index (χ1n) is 12.7. The molecule has 33 heavy (non-hydrogen) atoms. The average Bonchev–Trinajstić information content (AvgIpc) is 2.89. The van der Waals surface area contributed by atoms with Crippen LogP contribution in [-0.4, -0.2) is 60.5 Å². The summed E-state index contributed by atoms with van der Waals surface area (Å²) in [7, 11) is 3.79. The minimum atomic E-state index is 0.185. The fourth-order valence-electron chi connectivity index (χ4n) is 5.66. The Morgan fingerprint density at radius 2 is 1.76 bits per heavy atom. The monoisotopic (exact) mass is 449 g/mol. The Bertz CT molecular complexity index is 874. The van der Waals surface area contributed by atoms with E-state index < -0.39 is 0 Å². The molecule has 1 amide bonds. The van der Waals surface area contributed by atoms with Gasteiger partial charge in [0.05, 0.1) is 7.11 Å². The minimum Gasteiger partial charge on any atom is -0.496 e. The van der Waals surface area contributed by atoms with Crippen LogP contribution in [0.2, 0.25) is 0 Å². The number of benzene rings is 1. The molecule has 1 aliphatic heterocycles. The van der Waals surface area contributed by atoms with Crippen LogP contribution in [0.25, 0.3) is 0 Å². The zero-order chi connectivity index (χ0) is 23.0. The Kier molecular flexibility index (Phi) is 8.38. The lowest BCUT2D eigenvalue weighted by Gasteiger charge is -2.39. The molecule has 1 saturated heterocycles. The number of likely N-dealkylation sites (N-methyl/N-ethyl adjacent to an activating group) is 1. The van der Waals surface area contributed by atoms with E-state index in [0.29, 0.717) is 11.8 Å². The largest absolute Gasteiger partial charge is 0.496 e. The first-order chi connectivity index (χ1) is 16.2. The summed E-state index contributed by atoms with van der Waals surface area (Å²) in [6.45, 7) is 3.04. The molecule has 1 aromatic heterocycles. The maximum absolute atomic E-state index is 13.4. The molecule has 0 bridgehead atoms. The fraction of sp³-hybridized carbons (Fsp3) is 0.571. The Balaban J connectivity index is 1.41. The summed E-state index contributed by atoms with van der Waals surface area (Å²) >= 11 is 0. The molecule has 1 aromatic carbocycles. The Hall–Kier alpha value is -2.40. The number of rotatable bonds is 8. The lowest BCUT2D eigenvalue weighted by molar-refractivity contribution is -0.137. The number of hydrogen-bond donors (Lipinski definition) is 0. The molecule has 0 spiro atoms. The van der Waals surface area contributed by atoms with Crippen molar-refractivity contribution in [3.63, 3.8) is 0 Å². The van der Waals surface area contributed by atoms with Crippen molar-refractivity contribution in [1.82, 2.24) is 14.8 Å². The zero-order valence-electron chi connectivity index (χ0n) is 20.3. The normalized spacial score (nSPS) is 19.2. The number of ether oxygens (including phenoxy) is 1. The summed E-state index contributed by atoms with van der Waals surface area (Å²) in [4.78, 5) is 22.2. The number of nitrogens with zero attached hydrogens (tertiary/aromatic N) is 3. The van der Waals surface area contributed by atoms with Crippen molar-refractivity contribution in [3.05, 3.63) is 59.9 Å². The van der Waals surface area contributed by atoms with Crippen LogP contribution >= 0.6 is 0 Å². The number of amides is 1. The Morgan fingerprint density at radius 1 is 1.06 bits per heavy atom. The molecule has 2 aromatic rings. The van der Waals surface area contributed by atoms with E-state index in [-0.39, 0.29) is 12.0 Å². The molecule has 1 saturated carbocycles. The molecule has 0 radical (unpaired) electrons. The third kappa shape index (κ3) is 6.14. The summed E-state index contributed by atoms with van der Waals surface area (Å²) in [5, 5.41) is 0. The molecular weight excluding hydrogens is 410 g/mol. The van der Waals surface area contributed by atoms with Crippen molar-refractivity contribution in [3.8, 4) is 5.75 Å². The first kappa shape index (κ1) is 23.7. The average molecular weight is 450 g/mol. The topological polar surface area (TPSA) is 45.7 Å². The van der Waals surface area contributed by atoms with Gasteiger partial charge in [0.2, 0.25) is 5.91 Å². The molecule has 178 valence electrons. The van der Waals surface area contributed by atoms with E-state index in [1.165, 1.54) is 30.4 Å². The van der Waals surface area contributed by atoms with Crippen LogP contribution in [0.4, 0.5) is 0 Å². The lowest BCUT2D eigenvalue weighted by atomic mass is 9.87. The van der Waals surface area contributed by atoms with Gasteiger partial charge in [-0.3, -0.25) is 9.78 Å². The Morgan fingerprint density at radius 3 is 2.45 bits per heavy atom. The number of pyridine rings is 1. The summed E-state index contributed by atoms with van der Waals surface area (Å²) in [5.41, 5.74) is 2.58. The van der Waals surface area contributed by atoms with Crippen molar-refractivity contribution in [1.29, 1.82) is 0 Å². The van der Waals surface area contributed by atoms with E-state index in [0.717, 1.165) is 57.5 Å². The van der Waals surface area contributed by atoms with Gasteiger partial charge in [0, 0.05) is 37.9 Å². The summed E-state index contributed by atoms with van der Waals surface area (Å²) < 4.78 is 5.61. The van der Waals surface area contributed by atoms with Gasteiger partial charge in [0.15, 0.2) is 0 Å². The van der Waals surface area contributed by atoms with Crippen molar-refractivity contribution in [2.45, 2.75) is 63.3 Å². The van der Waals surface area contributed by atoms with Gasteiger partial charge in [0.1, 0.15) is 5.75 Å². The standard InChI is InChI=1S/C28H39N3O2/c1-30(28(32)24-8-4-3-5-9-24)25(20-22-12-16-29-17-13-22)21-31-18-14-23(15-19-31)26-10-6-7-11-27(26)33-2/h6-7,10-13,16-17,23-25H,3-5,8-9,14-15,18-21H2,1-2H3. The summed E-state index contributed by atoms with van der Waals surface area (Å²) in [6, 6.07) is 12.8. The molecule has 5 nitrogen and oxygen atoms in total. The number of likely N-dealkylation sites (tertiary alicyclic amines) is 1. The van der Waals surface area contributed by atoms with E-state index in [2.05, 4.69) is 45.1 Å². The third-order valence-electron chi connectivity index (χ3n) is 7.71. The van der Waals surface area contributed by atoms with Gasteiger partial charge in [0.25, 0.3) is 0 Å². The van der Waals surface area contributed by atoms with Gasteiger partial charge < -0.3 is 14.5 Å². The quantitative estimate of drug-likeness (QED) is 0.574. The molecule has 1 unspecified atom stereocenters. The zero-order valence-corrected chi connectivity index (χ0v) is 20.3. The SMILES string of the molecule is COc1ccccc1C1CCN(CC(Cc2ccncc2)N(C)C(=O)C2CCCCC2)CC1. The van der Waals surface area contributed by atoms with Crippen LogP contribution in [0.3, 0.4) is 0 Å². The highest BCUT2D eigenvalue weighted by molar-refractivity contribution is 5.79. The van der Waals surface area contributed by atoms with E-state index >= 15 is 0 Å². The van der Waals surface area contributed by atoms with Crippen LogP contribution in [0.15, 0.2) is 48.8 Å². The molecule has 2 heterocycles. The van der Waals surface area contributed by atoms with Gasteiger partial charge in [-0.2, -0.15) is 0 Å². The lowest BCUT2D eigenvalue weighted by Crippen LogP contribution is -2.49. The second-order valence-electron chi connectivity index (χ2n) is 9.81. The van der Waals surface area contributed by atoms with Crippen LogP contribution in [-0.2, 0) is 11.2 Å². The maximum Gasteiger partial charge on any atom is 0.225 e. The van der Waals surface area contributed by atoms with Gasteiger partial charge in [-0.25, -0.2) is 0 Å². The van der Waals surface area contributed by atoms with Crippen molar-refractivity contribution >= 4 is 5.91 Å². The maximum atomic E-state index is 13.4. The van der Waals surface area contributed by atoms with Gasteiger partial charge in [-0.15, -0.1) is 0 Å². The van der Waals surface area contributed by atoms with E-state index in [4.69, 9.17) is 4.74 Å². The van der Waals surface area contributed by atoms with Gasteiger partial charge in [-0.1, -0.05) is 37.5 Å². The van der Waals surface area contributed by atoms with Gasteiger partial charge >= 0.3 is 0 Å². The predicted octanol–water partition coefficient (Wildman–Crippen LogP) is 4.92. The molecule has 1 atom stereocenters. The fourth-order valence-corrected chi connectivity index (χ4v) is 5.66. The van der Waals surface area contributed by atoms with Crippen LogP contribution < -0.4 is 4.74 Å². The second-order valence-corrected chi connectivity index (χ2v) is 9.81. The van der Waals surface area contributed by atoms with E-state index in [9.17, 15) is 4.79 Å². The first-order valence-corrected chi connectivity index (χ1v) is 12.7. The smallest absolute Gasteiger partial charge is 0.225 e. The van der Waals surface area contributed by atoms with E-state index in [1.807, 2.05) is 25.5 Å². The number of para-hydroxylation sites is 1. The number of methoxy groups -OCH3 is 1. The molecule has 1 aliphatic carbocycles. The molecule has 2 fully saturated rings. The van der Waals surface area contributed by atoms with E-state index in [1.54, 1.807) is 7.11 Å². The van der Waals surface area contributed by atoms with Crippen LogP contribution in [0.5, 0.6) is 5.75 Å². The molecular formula is C28H39N3O2. The summed E-state index contributed by atoms with van der Waals surface area (Å²) in [6.07, 6.45) is 12.6. The summed E-state index contributed by atoms with van der Waals surface area (Å²) in [5.74, 6) is 2.10. The third-order valence-corrected chi connectivity index (χ3v) is 7.71. The number of aromatic nitrogens is 1. The Labute approximate surface area is 199 Å². The molecule has 5 heteroatoms. The number of hydrogen-bond acceptors (Lipinski definition) is 4. The van der Waals surface area contributed by atoms with Crippen molar-refractivity contribution in [2.24, 2.45) is 5.92 Å². The second kappa shape index (κ2) is 11.6.